The zero-order valence-electron chi connectivity index (χ0n) is 12.9. The van der Waals surface area contributed by atoms with Gasteiger partial charge in [0.1, 0.15) is 5.58 Å². The summed E-state index contributed by atoms with van der Waals surface area (Å²) in [5.41, 5.74) is 1.18. The highest BCUT2D eigenvalue weighted by atomic mass is 16.3. The number of amides is 1. The quantitative estimate of drug-likeness (QED) is 0.944. The molecule has 4 nitrogen and oxygen atoms in total. The summed E-state index contributed by atoms with van der Waals surface area (Å²) in [6, 6.07) is 6.70. The Hall–Kier alpha value is -2.10. The van der Waals surface area contributed by atoms with E-state index >= 15 is 0 Å². The van der Waals surface area contributed by atoms with E-state index in [-0.39, 0.29) is 17.1 Å². The Labute approximate surface area is 129 Å². The van der Waals surface area contributed by atoms with Crippen molar-refractivity contribution in [3.8, 4) is 0 Å². The highest BCUT2D eigenvalue weighted by Crippen LogP contribution is 2.23. The molecule has 1 heterocycles. The average Bonchev–Trinajstić information content (AvgIpc) is 2.54. The molecule has 1 aliphatic rings. The molecule has 0 atom stereocenters. The predicted molar refractivity (Wildman–Crippen MR) is 86.1 cm³/mol. The number of carbonyl (C=O) groups excluding carboxylic acids is 1. The van der Waals surface area contributed by atoms with E-state index in [1.54, 1.807) is 6.07 Å². The van der Waals surface area contributed by atoms with E-state index in [2.05, 4.69) is 5.32 Å². The van der Waals surface area contributed by atoms with Gasteiger partial charge in [-0.1, -0.05) is 31.4 Å². The maximum absolute atomic E-state index is 12.3. The molecule has 0 radical (unpaired) electrons. The third kappa shape index (κ3) is 3.06. The molecule has 3 rings (SSSR count). The summed E-state index contributed by atoms with van der Waals surface area (Å²) >= 11 is 0. The lowest BCUT2D eigenvalue weighted by Crippen LogP contribution is -2.30. The van der Waals surface area contributed by atoms with Crippen molar-refractivity contribution >= 4 is 16.9 Å². The fourth-order valence-electron chi connectivity index (χ4n) is 3.15. The van der Waals surface area contributed by atoms with Crippen LogP contribution in [0.15, 0.2) is 33.5 Å². The van der Waals surface area contributed by atoms with Crippen molar-refractivity contribution in [2.45, 2.75) is 39.0 Å². The average molecular weight is 299 g/mol. The molecule has 1 aromatic carbocycles. The van der Waals surface area contributed by atoms with Gasteiger partial charge >= 0.3 is 0 Å². The molecule has 1 aromatic heterocycles. The minimum absolute atomic E-state index is 0.0996. The Morgan fingerprint density at radius 2 is 2.05 bits per heavy atom. The molecule has 4 heteroatoms. The normalized spacial score (nSPS) is 15.9. The van der Waals surface area contributed by atoms with E-state index in [0.29, 0.717) is 23.4 Å². The van der Waals surface area contributed by atoms with E-state index in [4.69, 9.17) is 4.42 Å². The molecule has 0 aliphatic heterocycles. The van der Waals surface area contributed by atoms with Gasteiger partial charge in [0.05, 0.1) is 5.39 Å². The second-order valence-corrected chi connectivity index (χ2v) is 6.14. The summed E-state index contributed by atoms with van der Waals surface area (Å²) in [5, 5.41) is 3.43. The van der Waals surface area contributed by atoms with Crippen LogP contribution in [0.1, 0.15) is 48.2 Å². The summed E-state index contributed by atoms with van der Waals surface area (Å²) in [5.74, 6) is 0.349. The molecule has 116 valence electrons. The Morgan fingerprint density at radius 3 is 2.82 bits per heavy atom. The second-order valence-electron chi connectivity index (χ2n) is 6.14. The fourth-order valence-corrected chi connectivity index (χ4v) is 3.15. The highest BCUT2D eigenvalue weighted by molar-refractivity contribution is 5.93. The molecule has 0 saturated heterocycles. The van der Waals surface area contributed by atoms with Crippen LogP contribution >= 0.6 is 0 Å². The van der Waals surface area contributed by atoms with Crippen molar-refractivity contribution in [1.82, 2.24) is 5.32 Å². The first-order valence-electron chi connectivity index (χ1n) is 7.97. The lowest BCUT2D eigenvalue weighted by molar-refractivity contribution is 0.0916. The van der Waals surface area contributed by atoms with Crippen LogP contribution < -0.4 is 10.7 Å². The second kappa shape index (κ2) is 6.34. The zero-order chi connectivity index (χ0) is 15.5. The molecular formula is C18H21NO3. The monoisotopic (exact) mass is 299 g/mol. The number of carbonyl (C=O) groups is 1. The maximum atomic E-state index is 12.3. The third-order valence-electron chi connectivity index (χ3n) is 4.45. The number of fused-ring (bicyclic) bond motifs is 1. The van der Waals surface area contributed by atoms with Crippen molar-refractivity contribution in [3.63, 3.8) is 0 Å². The molecule has 1 N–H and O–H groups in total. The zero-order valence-corrected chi connectivity index (χ0v) is 12.9. The number of hydrogen-bond donors (Lipinski definition) is 1. The van der Waals surface area contributed by atoms with Crippen molar-refractivity contribution in [3.05, 3.63) is 45.8 Å². The van der Waals surface area contributed by atoms with Gasteiger partial charge in [0.15, 0.2) is 11.2 Å². The van der Waals surface area contributed by atoms with E-state index in [1.165, 1.54) is 38.2 Å². The number of benzene rings is 1. The number of para-hydroxylation sites is 1. The first-order chi connectivity index (χ1) is 10.6. The molecule has 1 aliphatic carbocycles. The topological polar surface area (TPSA) is 59.3 Å². The first kappa shape index (κ1) is 14.8. The van der Waals surface area contributed by atoms with Crippen LogP contribution in [-0.4, -0.2) is 12.5 Å². The predicted octanol–water partition coefficient (Wildman–Crippen LogP) is 3.41. The summed E-state index contributed by atoms with van der Waals surface area (Å²) in [7, 11) is 0. The Bertz CT molecular complexity index is 742. The van der Waals surface area contributed by atoms with Gasteiger partial charge in [0.25, 0.3) is 5.91 Å². The highest BCUT2D eigenvalue weighted by Gasteiger charge is 2.17. The summed E-state index contributed by atoms with van der Waals surface area (Å²) in [4.78, 5) is 24.4. The Balaban J connectivity index is 1.79. The van der Waals surface area contributed by atoms with Crippen LogP contribution in [-0.2, 0) is 0 Å². The molecule has 0 unspecified atom stereocenters. The maximum Gasteiger partial charge on any atom is 0.287 e. The number of aryl methyl sites for hydroxylation is 1. The lowest BCUT2D eigenvalue weighted by Gasteiger charge is -2.21. The van der Waals surface area contributed by atoms with Crippen LogP contribution in [0, 0.1) is 12.8 Å². The Morgan fingerprint density at radius 1 is 1.27 bits per heavy atom. The smallest absolute Gasteiger partial charge is 0.287 e. The van der Waals surface area contributed by atoms with Gasteiger partial charge in [-0.2, -0.15) is 0 Å². The standard InChI is InChI=1S/C18H21NO3/c1-12-6-5-9-14-15(20)10-16(22-17(12)14)18(21)19-11-13-7-3-2-4-8-13/h5-6,9-10,13H,2-4,7-8,11H2,1H3,(H,19,21). The molecule has 22 heavy (non-hydrogen) atoms. The van der Waals surface area contributed by atoms with Gasteiger partial charge in [0.2, 0.25) is 0 Å². The molecule has 1 amide bonds. The van der Waals surface area contributed by atoms with Crippen molar-refractivity contribution in [1.29, 1.82) is 0 Å². The van der Waals surface area contributed by atoms with Crippen molar-refractivity contribution < 1.29 is 9.21 Å². The number of nitrogens with one attached hydrogen (secondary N) is 1. The van der Waals surface area contributed by atoms with Gasteiger partial charge in [-0.05, 0) is 37.3 Å². The molecule has 0 bridgehead atoms. The van der Waals surface area contributed by atoms with E-state index in [0.717, 1.165) is 5.56 Å². The Kier molecular flexibility index (Phi) is 4.27. The van der Waals surface area contributed by atoms with E-state index < -0.39 is 0 Å². The largest absolute Gasteiger partial charge is 0.450 e. The number of hydrogen-bond acceptors (Lipinski definition) is 3. The van der Waals surface area contributed by atoms with E-state index in [9.17, 15) is 9.59 Å². The van der Waals surface area contributed by atoms with Crippen molar-refractivity contribution in [2.24, 2.45) is 5.92 Å². The fraction of sp³-hybridized carbons (Fsp3) is 0.444. The van der Waals surface area contributed by atoms with Crippen LogP contribution in [0.3, 0.4) is 0 Å². The van der Waals surface area contributed by atoms with Gasteiger partial charge in [-0.3, -0.25) is 9.59 Å². The van der Waals surface area contributed by atoms with E-state index in [1.807, 2.05) is 19.1 Å². The first-order valence-corrected chi connectivity index (χ1v) is 7.97. The lowest BCUT2D eigenvalue weighted by atomic mass is 9.89. The minimum atomic E-state index is -0.298. The van der Waals surface area contributed by atoms with Gasteiger partial charge in [0, 0.05) is 12.6 Å². The van der Waals surface area contributed by atoms with Crippen LogP contribution in [0.5, 0.6) is 0 Å². The van der Waals surface area contributed by atoms with Crippen LogP contribution in [0.4, 0.5) is 0 Å². The molecule has 2 aromatic rings. The van der Waals surface area contributed by atoms with Crippen LogP contribution in [0.25, 0.3) is 11.0 Å². The van der Waals surface area contributed by atoms with Crippen LogP contribution in [0.2, 0.25) is 0 Å². The minimum Gasteiger partial charge on any atom is -0.450 e. The molecular weight excluding hydrogens is 278 g/mol. The summed E-state index contributed by atoms with van der Waals surface area (Å²) in [6.45, 7) is 2.53. The summed E-state index contributed by atoms with van der Waals surface area (Å²) in [6.07, 6.45) is 6.11. The van der Waals surface area contributed by atoms with Gasteiger partial charge in [-0.15, -0.1) is 0 Å². The summed E-state index contributed by atoms with van der Waals surface area (Å²) < 4.78 is 5.66. The third-order valence-corrected chi connectivity index (χ3v) is 4.45. The van der Waals surface area contributed by atoms with Crippen molar-refractivity contribution in [2.75, 3.05) is 6.54 Å². The number of rotatable bonds is 3. The molecule has 1 saturated carbocycles. The SMILES string of the molecule is Cc1cccc2c(=O)cc(C(=O)NCC3CCCCC3)oc12. The molecule has 1 fully saturated rings. The molecule has 0 spiro atoms. The van der Waals surface area contributed by atoms with Gasteiger partial charge in [-0.25, -0.2) is 0 Å². The van der Waals surface area contributed by atoms with Gasteiger partial charge < -0.3 is 9.73 Å².